The molecule has 0 aliphatic heterocycles. The summed E-state index contributed by atoms with van der Waals surface area (Å²) in [7, 11) is 0. The van der Waals surface area contributed by atoms with E-state index in [0.29, 0.717) is 0 Å². The molecule has 0 saturated heterocycles. The highest BCUT2D eigenvalue weighted by Crippen LogP contribution is 2.11. The Balaban J connectivity index is 2.38. The second-order valence-electron chi connectivity index (χ2n) is 3.85. The number of aromatic nitrogens is 4. The Morgan fingerprint density at radius 1 is 1.31 bits per heavy atom. The summed E-state index contributed by atoms with van der Waals surface area (Å²) in [5.74, 6) is 1.61. The maximum atomic E-state index is 5.74. The fraction of sp³-hybridized carbons (Fsp3) is 0.364. The molecule has 0 unspecified atom stereocenters. The van der Waals surface area contributed by atoms with Crippen molar-refractivity contribution < 1.29 is 0 Å². The van der Waals surface area contributed by atoms with Crippen LogP contribution in [0.2, 0.25) is 0 Å². The van der Waals surface area contributed by atoms with Gasteiger partial charge >= 0.3 is 0 Å². The molecule has 2 aromatic rings. The van der Waals surface area contributed by atoms with E-state index in [9.17, 15) is 0 Å². The van der Waals surface area contributed by atoms with Gasteiger partial charge in [0.2, 0.25) is 0 Å². The van der Waals surface area contributed by atoms with Gasteiger partial charge in [-0.05, 0) is 32.9 Å². The van der Waals surface area contributed by atoms with Crippen LogP contribution in [-0.4, -0.2) is 19.7 Å². The lowest BCUT2D eigenvalue weighted by Gasteiger charge is -2.06. The molecule has 16 heavy (non-hydrogen) atoms. The maximum Gasteiger partial charge on any atom is 0.148 e. The molecular weight excluding hydrogens is 202 g/mol. The van der Waals surface area contributed by atoms with Crippen LogP contribution in [-0.2, 0) is 0 Å². The molecule has 0 spiro atoms. The second-order valence-corrected chi connectivity index (χ2v) is 3.85. The fourth-order valence-electron chi connectivity index (χ4n) is 1.56. The Morgan fingerprint density at radius 2 is 2.06 bits per heavy atom. The summed E-state index contributed by atoms with van der Waals surface area (Å²) in [4.78, 5) is 8.54. The van der Waals surface area contributed by atoms with Gasteiger partial charge in [0.25, 0.3) is 0 Å². The second kappa shape index (κ2) is 4.02. The Kier molecular flexibility index (Phi) is 2.70. The lowest BCUT2D eigenvalue weighted by Crippen LogP contribution is -2.08. The molecule has 2 aromatic heterocycles. The standard InChI is InChI=1S/C11H15N5/c1-7(12)11-5-4-10(6-13-11)16-9(3)14-8(2)15-16/h4-7H,12H2,1-3H3/t7-/m1/s1. The fourth-order valence-corrected chi connectivity index (χ4v) is 1.56. The first kappa shape index (κ1) is 10.8. The highest BCUT2D eigenvalue weighted by molar-refractivity contribution is 5.30. The highest BCUT2D eigenvalue weighted by atomic mass is 15.3. The summed E-state index contributed by atoms with van der Waals surface area (Å²) in [5.41, 5.74) is 7.52. The van der Waals surface area contributed by atoms with Crippen LogP contribution in [0.4, 0.5) is 0 Å². The van der Waals surface area contributed by atoms with Crippen LogP contribution >= 0.6 is 0 Å². The van der Waals surface area contributed by atoms with Gasteiger partial charge in [0.05, 0.1) is 17.6 Å². The molecule has 5 heteroatoms. The average molecular weight is 217 g/mol. The molecule has 0 fully saturated rings. The monoisotopic (exact) mass is 217 g/mol. The third-order valence-electron chi connectivity index (χ3n) is 2.36. The van der Waals surface area contributed by atoms with Crippen LogP contribution in [0.25, 0.3) is 5.69 Å². The summed E-state index contributed by atoms with van der Waals surface area (Å²) in [5, 5.41) is 4.29. The largest absolute Gasteiger partial charge is 0.323 e. The quantitative estimate of drug-likeness (QED) is 0.823. The van der Waals surface area contributed by atoms with Gasteiger partial charge in [-0.3, -0.25) is 4.98 Å². The highest BCUT2D eigenvalue weighted by Gasteiger charge is 2.06. The molecule has 2 heterocycles. The number of nitrogens with two attached hydrogens (primary N) is 1. The SMILES string of the molecule is Cc1nc(C)n(-c2ccc([C@@H](C)N)nc2)n1. The van der Waals surface area contributed by atoms with Gasteiger partial charge in [-0.2, -0.15) is 5.10 Å². The molecule has 0 saturated carbocycles. The summed E-state index contributed by atoms with van der Waals surface area (Å²) in [6.45, 7) is 5.69. The summed E-state index contributed by atoms with van der Waals surface area (Å²) >= 11 is 0. The molecule has 2 rings (SSSR count). The van der Waals surface area contributed by atoms with E-state index in [1.165, 1.54) is 0 Å². The van der Waals surface area contributed by atoms with Gasteiger partial charge in [0.15, 0.2) is 0 Å². The molecule has 2 N–H and O–H groups in total. The van der Waals surface area contributed by atoms with E-state index >= 15 is 0 Å². The summed E-state index contributed by atoms with van der Waals surface area (Å²) in [6, 6.07) is 3.82. The van der Waals surface area contributed by atoms with Crippen molar-refractivity contribution >= 4 is 0 Å². The van der Waals surface area contributed by atoms with Crippen molar-refractivity contribution in [2.45, 2.75) is 26.8 Å². The molecule has 0 radical (unpaired) electrons. The minimum atomic E-state index is -0.0485. The van der Waals surface area contributed by atoms with Gasteiger partial charge in [-0.1, -0.05) is 0 Å². The van der Waals surface area contributed by atoms with Crippen LogP contribution in [0.15, 0.2) is 18.3 Å². The molecule has 0 aromatic carbocycles. The van der Waals surface area contributed by atoms with E-state index in [0.717, 1.165) is 23.0 Å². The zero-order valence-corrected chi connectivity index (χ0v) is 9.68. The minimum absolute atomic E-state index is 0.0485. The Labute approximate surface area is 94.3 Å². The predicted octanol–water partition coefficient (Wildman–Crippen LogP) is 1.30. The van der Waals surface area contributed by atoms with Crippen molar-refractivity contribution in [2.75, 3.05) is 0 Å². The number of pyridine rings is 1. The summed E-state index contributed by atoms with van der Waals surface area (Å²) in [6.07, 6.45) is 1.76. The Morgan fingerprint density at radius 3 is 2.50 bits per heavy atom. The number of hydrogen-bond donors (Lipinski definition) is 1. The molecule has 0 aliphatic carbocycles. The van der Waals surface area contributed by atoms with E-state index in [1.807, 2.05) is 32.9 Å². The number of rotatable bonds is 2. The van der Waals surface area contributed by atoms with Crippen molar-refractivity contribution in [2.24, 2.45) is 5.73 Å². The van der Waals surface area contributed by atoms with Gasteiger partial charge in [-0.15, -0.1) is 0 Å². The van der Waals surface area contributed by atoms with Crippen molar-refractivity contribution in [1.82, 2.24) is 19.7 Å². The molecule has 0 aliphatic rings. The number of nitrogens with zero attached hydrogens (tertiary/aromatic N) is 4. The van der Waals surface area contributed by atoms with Crippen LogP contribution in [0.5, 0.6) is 0 Å². The minimum Gasteiger partial charge on any atom is -0.323 e. The van der Waals surface area contributed by atoms with Crippen molar-refractivity contribution in [1.29, 1.82) is 0 Å². The Hall–Kier alpha value is -1.75. The molecule has 1 atom stereocenters. The lowest BCUT2D eigenvalue weighted by atomic mass is 10.2. The molecule has 0 amide bonds. The summed E-state index contributed by atoms with van der Waals surface area (Å²) < 4.78 is 1.77. The molecule has 5 nitrogen and oxygen atoms in total. The van der Waals surface area contributed by atoms with Gasteiger partial charge in [0.1, 0.15) is 11.6 Å². The number of hydrogen-bond acceptors (Lipinski definition) is 4. The smallest absolute Gasteiger partial charge is 0.148 e. The first-order valence-electron chi connectivity index (χ1n) is 5.20. The van der Waals surface area contributed by atoms with Crippen LogP contribution in [0.1, 0.15) is 30.3 Å². The third-order valence-corrected chi connectivity index (χ3v) is 2.36. The van der Waals surface area contributed by atoms with E-state index in [2.05, 4.69) is 15.1 Å². The van der Waals surface area contributed by atoms with E-state index in [-0.39, 0.29) is 6.04 Å². The molecular formula is C11H15N5. The maximum absolute atomic E-state index is 5.74. The first-order valence-corrected chi connectivity index (χ1v) is 5.20. The lowest BCUT2D eigenvalue weighted by molar-refractivity contribution is 0.770. The van der Waals surface area contributed by atoms with Crippen molar-refractivity contribution in [3.63, 3.8) is 0 Å². The molecule has 0 bridgehead atoms. The van der Waals surface area contributed by atoms with E-state index in [1.54, 1.807) is 10.9 Å². The van der Waals surface area contributed by atoms with Gasteiger partial charge in [0, 0.05) is 6.04 Å². The predicted molar refractivity (Wildman–Crippen MR) is 61.2 cm³/mol. The first-order chi connectivity index (χ1) is 7.58. The van der Waals surface area contributed by atoms with Crippen molar-refractivity contribution in [3.05, 3.63) is 35.7 Å². The van der Waals surface area contributed by atoms with E-state index < -0.39 is 0 Å². The zero-order valence-electron chi connectivity index (χ0n) is 9.68. The van der Waals surface area contributed by atoms with Gasteiger partial charge in [-0.25, -0.2) is 9.67 Å². The Bertz CT molecular complexity index is 484. The van der Waals surface area contributed by atoms with E-state index in [4.69, 9.17) is 5.73 Å². The number of aryl methyl sites for hydroxylation is 2. The topological polar surface area (TPSA) is 69.6 Å². The normalized spacial score (nSPS) is 12.8. The van der Waals surface area contributed by atoms with Gasteiger partial charge < -0.3 is 5.73 Å². The van der Waals surface area contributed by atoms with Crippen LogP contribution in [0, 0.1) is 13.8 Å². The van der Waals surface area contributed by atoms with Crippen molar-refractivity contribution in [3.8, 4) is 5.69 Å². The van der Waals surface area contributed by atoms with Crippen LogP contribution < -0.4 is 5.73 Å². The third kappa shape index (κ3) is 1.94. The zero-order chi connectivity index (χ0) is 11.7. The average Bonchev–Trinajstić information content (AvgIpc) is 2.58. The van der Waals surface area contributed by atoms with Crippen LogP contribution in [0.3, 0.4) is 0 Å². The molecule has 84 valence electrons.